The maximum Gasteiger partial charge on any atom is 0.338 e. The Bertz CT molecular complexity index is 701. The van der Waals surface area contributed by atoms with Gasteiger partial charge < -0.3 is 10.4 Å². The fraction of sp³-hybridized carbons (Fsp3) is 0.308. The molecule has 2 N–H and O–H groups in total. The minimum absolute atomic E-state index is 0.166. The molecule has 106 valence electrons. The van der Waals surface area contributed by atoms with Gasteiger partial charge in [-0.05, 0) is 33.3 Å². The Morgan fingerprint density at radius 1 is 1.15 bits per heavy atom. The number of aromatic nitrogens is 1. The minimum Gasteiger partial charge on any atom is -0.478 e. The van der Waals surface area contributed by atoms with E-state index >= 15 is 0 Å². The lowest BCUT2D eigenvalue weighted by Crippen LogP contribution is -2.13. The molecule has 2 rings (SSSR count). The summed E-state index contributed by atoms with van der Waals surface area (Å²) in [7, 11) is 0. The largest absolute Gasteiger partial charge is 0.478 e. The Hall–Kier alpha value is -1.73. The van der Waals surface area contributed by atoms with Crippen molar-refractivity contribution in [2.45, 2.75) is 27.7 Å². The van der Waals surface area contributed by atoms with Gasteiger partial charge in [0.05, 0.1) is 16.3 Å². The van der Waals surface area contributed by atoms with Crippen molar-refractivity contribution in [3.8, 4) is 0 Å². The summed E-state index contributed by atoms with van der Waals surface area (Å²) >= 11 is 2.58. The fourth-order valence-electron chi connectivity index (χ4n) is 1.87. The van der Waals surface area contributed by atoms with E-state index in [1.54, 1.807) is 13.8 Å². The van der Waals surface area contributed by atoms with Crippen LogP contribution in [0.25, 0.3) is 0 Å². The average Bonchev–Trinajstić information content (AvgIpc) is 2.80. The molecule has 0 aromatic carbocycles. The quantitative estimate of drug-likeness (QED) is 0.910. The first kappa shape index (κ1) is 14.7. The van der Waals surface area contributed by atoms with Crippen LogP contribution in [0.2, 0.25) is 0 Å². The molecule has 0 unspecified atom stereocenters. The van der Waals surface area contributed by atoms with Crippen molar-refractivity contribution in [1.82, 2.24) is 4.98 Å². The predicted molar refractivity (Wildman–Crippen MR) is 80.3 cm³/mol. The molecule has 0 bridgehead atoms. The van der Waals surface area contributed by atoms with Crippen molar-refractivity contribution in [1.29, 1.82) is 0 Å². The molecule has 0 fully saturated rings. The molecule has 0 aliphatic rings. The van der Waals surface area contributed by atoms with Crippen molar-refractivity contribution in [3.63, 3.8) is 0 Å². The van der Waals surface area contributed by atoms with Crippen molar-refractivity contribution >= 4 is 39.6 Å². The Kier molecular flexibility index (Phi) is 3.92. The Morgan fingerprint density at radius 2 is 1.80 bits per heavy atom. The number of nitrogens with zero attached hydrogens (tertiary/aromatic N) is 1. The standard InChI is InChI=1S/C13H14N2O3S2/c1-5-7(3)19-12(9(5)13(17)18)15-11(16)10-6(2)14-8(4)20-10/h1-4H3,(H,15,16)(H,17,18). The molecule has 0 radical (unpaired) electrons. The summed E-state index contributed by atoms with van der Waals surface area (Å²) < 4.78 is 0. The number of carbonyl (C=O) groups excluding carboxylic acids is 1. The summed E-state index contributed by atoms with van der Waals surface area (Å²) in [4.78, 5) is 29.1. The van der Waals surface area contributed by atoms with Crippen LogP contribution in [0.3, 0.4) is 0 Å². The van der Waals surface area contributed by atoms with Crippen LogP contribution >= 0.6 is 22.7 Å². The smallest absolute Gasteiger partial charge is 0.338 e. The third-order valence-corrected chi connectivity index (χ3v) is 5.13. The maximum atomic E-state index is 12.2. The average molecular weight is 310 g/mol. The molecular formula is C13H14N2O3S2. The lowest BCUT2D eigenvalue weighted by atomic mass is 10.1. The predicted octanol–water partition coefficient (Wildman–Crippen LogP) is 3.39. The molecule has 5 nitrogen and oxygen atoms in total. The number of amides is 1. The summed E-state index contributed by atoms with van der Waals surface area (Å²) in [5.74, 6) is -1.34. The zero-order valence-corrected chi connectivity index (χ0v) is 13.2. The molecule has 0 aliphatic heterocycles. The van der Waals surface area contributed by atoms with Gasteiger partial charge in [-0.3, -0.25) is 4.79 Å². The first-order chi connectivity index (χ1) is 9.31. The second-order valence-corrected chi connectivity index (χ2v) is 6.82. The number of rotatable bonds is 3. The number of carbonyl (C=O) groups is 2. The number of carboxylic acid groups (broad SMARTS) is 1. The number of aryl methyl sites for hydroxylation is 3. The van der Waals surface area contributed by atoms with Crippen LogP contribution in [-0.4, -0.2) is 22.0 Å². The van der Waals surface area contributed by atoms with Gasteiger partial charge in [-0.15, -0.1) is 22.7 Å². The van der Waals surface area contributed by atoms with Crippen LogP contribution in [0.1, 0.15) is 41.2 Å². The monoisotopic (exact) mass is 310 g/mol. The molecule has 1 amide bonds. The molecule has 7 heteroatoms. The SMILES string of the molecule is Cc1nc(C)c(C(=O)Nc2sc(C)c(C)c2C(=O)O)s1. The molecule has 0 atom stereocenters. The minimum atomic E-state index is -1.03. The second kappa shape index (κ2) is 5.34. The summed E-state index contributed by atoms with van der Waals surface area (Å²) in [6.45, 7) is 7.18. The molecule has 2 aromatic rings. The fourth-order valence-corrected chi connectivity index (χ4v) is 3.74. The van der Waals surface area contributed by atoms with Gasteiger partial charge in [0.25, 0.3) is 5.91 Å². The summed E-state index contributed by atoms with van der Waals surface area (Å²) in [5.41, 5.74) is 1.52. The van der Waals surface area contributed by atoms with E-state index in [1.807, 2.05) is 13.8 Å². The summed E-state index contributed by atoms with van der Waals surface area (Å²) in [6.07, 6.45) is 0. The van der Waals surface area contributed by atoms with Gasteiger partial charge in [0.15, 0.2) is 0 Å². The van der Waals surface area contributed by atoms with E-state index in [4.69, 9.17) is 0 Å². The Labute approximate surface area is 124 Å². The van der Waals surface area contributed by atoms with Gasteiger partial charge in [0.1, 0.15) is 9.88 Å². The number of thiazole rings is 1. The molecule has 2 aromatic heterocycles. The molecule has 0 saturated heterocycles. The van der Waals surface area contributed by atoms with E-state index < -0.39 is 5.97 Å². The molecular weight excluding hydrogens is 296 g/mol. The lowest BCUT2D eigenvalue weighted by molar-refractivity contribution is 0.0697. The molecule has 0 saturated carbocycles. The number of thiophene rings is 1. The number of carboxylic acids is 1. The van der Waals surface area contributed by atoms with Gasteiger partial charge in [-0.25, -0.2) is 9.78 Å². The van der Waals surface area contributed by atoms with Gasteiger partial charge in [0, 0.05) is 4.88 Å². The van der Waals surface area contributed by atoms with Crippen LogP contribution in [0.15, 0.2) is 0 Å². The van der Waals surface area contributed by atoms with Crippen molar-refractivity contribution < 1.29 is 14.7 Å². The second-order valence-electron chi connectivity index (χ2n) is 4.39. The number of hydrogen-bond acceptors (Lipinski definition) is 5. The third-order valence-electron chi connectivity index (χ3n) is 2.94. The van der Waals surface area contributed by atoms with Crippen LogP contribution in [0, 0.1) is 27.7 Å². The number of nitrogens with one attached hydrogen (secondary N) is 1. The summed E-state index contributed by atoms with van der Waals surface area (Å²) in [6, 6.07) is 0. The maximum absolute atomic E-state index is 12.2. The normalized spacial score (nSPS) is 10.6. The Balaban J connectivity index is 2.35. The Morgan fingerprint density at radius 3 is 2.30 bits per heavy atom. The number of anilines is 1. The van der Waals surface area contributed by atoms with Crippen LogP contribution < -0.4 is 5.32 Å². The van der Waals surface area contributed by atoms with Crippen molar-refractivity contribution in [3.05, 3.63) is 31.6 Å². The first-order valence-electron chi connectivity index (χ1n) is 5.90. The molecule has 0 aliphatic carbocycles. The topological polar surface area (TPSA) is 79.3 Å². The van der Waals surface area contributed by atoms with Crippen LogP contribution in [0.4, 0.5) is 5.00 Å². The van der Waals surface area contributed by atoms with Crippen LogP contribution in [-0.2, 0) is 0 Å². The number of hydrogen-bond donors (Lipinski definition) is 2. The molecule has 2 heterocycles. The molecule has 20 heavy (non-hydrogen) atoms. The van der Waals surface area contributed by atoms with Crippen LogP contribution in [0.5, 0.6) is 0 Å². The highest BCUT2D eigenvalue weighted by Gasteiger charge is 2.22. The highest BCUT2D eigenvalue weighted by Crippen LogP contribution is 2.33. The summed E-state index contributed by atoms with van der Waals surface area (Å²) in [5, 5.41) is 13.1. The van der Waals surface area contributed by atoms with E-state index in [-0.39, 0.29) is 11.5 Å². The van der Waals surface area contributed by atoms with E-state index in [9.17, 15) is 14.7 Å². The highest BCUT2D eigenvalue weighted by atomic mass is 32.1. The van der Waals surface area contributed by atoms with Gasteiger partial charge in [-0.2, -0.15) is 0 Å². The first-order valence-corrected chi connectivity index (χ1v) is 7.53. The zero-order chi connectivity index (χ0) is 15.0. The van der Waals surface area contributed by atoms with E-state index in [2.05, 4.69) is 10.3 Å². The van der Waals surface area contributed by atoms with E-state index in [0.29, 0.717) is 21.1 Å². The lowest BCUT2D eigenvalue weighted by Gasteiger charge is -2.03. The van der Waals surface area contributed by atoms with E-state index in [0.717, 1.165) is 9.88 Å². The highest BCUT2D eigenvalue weighted by molar-refractivity contribution is 7.17. The van der Waals surface area contributed by atoms with Gasteiger partial charge in [-0.1, -0.05) is 0 Å². The van der Waals surface area contributed by atoms with E-state index in [1.165, 1.54) is 22.7 Å². The molecule has 0 spiro atoms. The van der Waals surface area contributed by atoms with Gasteiger partial charge in [0.2, 0.25) is 0 Å². The number of aromatic carboxylic acids is 1. The van der Waals surface area contributed by atoms with Crippen molar-refractivity contribution in [2.24, 2.45) is 0 Å². The third kappa shape index (κ3) is 2.59. The van der Waals surface area contributed by atoms with Gasteiger partial charge >= 0.3 is 5.97 Å². The van der Waals surface area contributed by atoms with Crippen molar-refractivity contribution in [2.75, 3.05) is 5.32 Å². The zero-order valence-electron chi connectivity index (χ0n) is 11.5.